The average Bonchev–Trinajstić information content (AvgIpc) is 2.10. The van der Waals surface area contributed by atoms with Gasteiger partial charge in [-0.25, -0.2) is 13.2 Å². The predicted octanol–water partition coefficient (Wildman–Crippen LogP) is 2.39. The Balaban J connectivity index is 3.26. The molecular formula is C8H5F3INO2. The van der Waals surface area contributed by atoms with E-state index in [0.717, 1.165) is 6.20 Å². The first-order valence-electron chi connectivity index (χ1n) is 3.76. The summed E-state index contributed by atoms with van der Waals surface area (Å²) in [5, 5.41) is 8.45. The quantitative estimate of drug-likeness (QED) is 0.866. The van der Waals surface area contributed by atoms with Crippen LogP contribution in [0, 0.1) is 9.39 Å². The molecule has 0 radical (unpaired) electrons. The molecule has 0 bridgehead atoms. The van der Waals surface area contributed by atoms with Gasteiger partial charge in [0, 0.05) is 0 Å². The molecule has 1 aromatic rings. The molecule has 82 valence electrons. The largest absolute Gasteiger partial charge is 0.481 e. The third-order valence-corrected chi connectivity index (χ3v) is 2.72. The van der Waals surface area contributed by atoms with Gasteiger partial charge in [0.25, 0.3) is 6.43 Å². The molecule has 1 rings (SSSR count). The molecule has 0 aliphatic carbocycles. The SMILES string of the molecule is O=C(O)Cc1ncc(F)c(I)c1C(F)F. The fourth-order valence-electron chi connectivity index (χ4n) is 1.02. The standard InChI is InChI=1S/C8H5F3INO2/c9-3-2-13-4(1-5(14)15)6(7(3)12)8(10)11/h2,8H,1H2,(H,14,15). The molecule has 3 nitrogen and oxygen atoms in total. The van der Waals surface area contributed by atoms with Crippen LogP contribution in [-0.4, -0.2) is 16.1 Å². The van der Waals surface area contributed by atoms with Crippen LogP contribution < -0.4 is 0 Å². The third kappa shape index (κ3) is 2.80. The number of nitrogens with zero attached hydrogens (tertiary/aromatic N) is 1. The first kappa shape index (κ1) is 12.2. The Morgan fingerprint density at radius 2 is 2.20 bits per heavy atom. The maximum atomic E-state index is 12.9. The van der Waals surface area contributed by atoms with Crippen molar-refractivity contribution in [2.24, 2.45) is 0 Å². The van der Waals surface area contributed by atoms with Crippen LogP contribution in [0.2, 0.25) is 0 Å². The highest BCUT2D eigenvalue weighted by molar-refractivity contribution is 14.1. The molecule has 0 aromatic carbocycles. The number of alkyl halides is 2. The van der Waals surface area contributed by atoms with Crippen molar-refractivity contribution in [2.45, 2.75) is 12.8 Å². The Hall–Kier alpha value is -0.860. The van der Waals surface area contributed by atoms with Gasteiger partial charge in [0.15, 0.2) is 5.82 Å². The van der Waals surface area contributed by atoms with Gasteiger partial charge in [0.2, 0.25) is 0 Å². The van der Waals surface area contributed by atoms with Crippen LogP contribution in [0.1, 0.15) is 17.7 Å². The van der Waals surface area contributed by atoms with E-state index in [2.05, 4.69) is 4.98 Å². The van der Waals surface area contributed by atoms with Gasteiger partial charge in [0.1, 0.15) is 0 Å². The number of carboxylic acid groups (broad SMARTS) is 1. The van der Waals surface area contributed by atoms with Crippen molar-refractivity contribution < 1.29 is 23.1 Å². The second-order valence-electron chi connectivity index (χ2n) is 2.65. The maximum Gasteiger partial charge on any atom is 0.309 e. The van der Waals surface area contributed by atoms with Gasteiger partial charge >= 0.3 is 5.97 Å². The molecule has 0 saturated carbocycles. The zero-order valence-corrected chi connectivity index (χ0v) is 9.33. The summed E-state index contributed by atoms with van der Waals surface area (Å²) in [5.74, 6) is -2.16. The molecule has 0 aliphatic rings. The lowest BCUT2D eigenvalue weighted by atomic mass is 10.1. The van der Waals surface area contributed by atoms with Gasteiger partial charge in [0.05, 0.1) is 27.4 Å². The summed E-state index contributed by atoms with van der Waals surface area (Å²) in [7, 11) is 0. The summed E-state index contributed by atoms with van der Waals surface area (Å²) >= 11 is 1.40. The van der Waals surface area contributed by atoms with E-state index in [9.17, 15) is 18.0 Å². The van der Waals surface area contributed by atoms with Crippen LogP contribution in [-0.2, 0) is 11.2 Å². The van der Waals surface area contributed by atoms with Crippen molar-refractivity contribution in [3.05, 3.63) is 26.8 Å². The molecule has 0 aliphatic heterocycles. The van der Waals surface area contributed by atoms with E-state index in [1.54, 1.807) is 0 Å². The highest BCUT2D eigenvalue weighted by atomic mass is 127. The molecule has 1 N–H and O–H groups in total. The summed E-state index contributed by atoms with van der Waals surface area (Å²) in [6, 6.07) is 0. The fourth-order valence-corrected chi connectivity index (χ4v) is 1.71. The first-order chi connectivity index (χ1) is 6.93. The Labute approximate surface area is 96.5 Å². The van der Waals surface area contributed by atoms with E-state index >= 15 is 0 Å². The number of halogens is 4. The van der Waals surface area contributed by atoms with Gasteiger partial charge in [-0.15, -0.1) is 0 Å². The van der Waals surface area contributed by atoms with Gasteiger partial charge in [-0.2, -0.15) is 0 Å². The monoisotopic (exact) mass is 331 g/mol. The number of rotatable bonds is 3. The smallest absolute Gasteiger partial charge is 0.309 e. The van der Waals surface area contributed by atoms with Gasteiger partial charge in [-0.1, -0.05) is 0 Å². The number of aliphatic carboxylic acids is 1. The van der Waals surface area contributed by atoms with Gasteiger partial charge in [-0.05, 0) is 22.6 Å². The lowest BCUT2D eigenvalue weighted by Crippen LogP contribution is -2.09. The topological polar surface area (TPSA) is 50.2 Å². The van der Waals surface area contributed by atoms with Crippen LogP contribution in [0.25, 0.3) is 0 Å². The number of hydrogen-bond acceptors (Lipinski definition) is 2. The summed E-state index contributed by atoms with van der Waals surface area (Å²) in [6.45, 7) is 0. The Morgan fingerprint density at radius 1 is 1.60 bits per heavy atom. The van der Waals surface area contributed by atoms with Crippen LogP contribution in [0.4, 0.5) is 13.2 Å². The minimum absolute atomic E-state index is 0.283. The van der Waals surface area contributed by atoms with Crippen molar-refractivity contribution in [1.29, 1.82) is 0 Å². The van der Waals surface area contributed by atoms with E-state index in [1.165, 1.54) is 22.6 Å². The summed E-state index contributed by atoms with van der Waals surface area (Å²) < 4.78 is 37.7. The van der Waals surface area contributed by atoms with Crippen LogP contribution in [0.3, 0.4) is 0 Å². The zero-order valence-electron chi connectivity index (χ0n) is 7.18. The number of aromatic nitrogens is 1. The number of hydrogen-bond donors (Lipinski definition) is 1. The van der Waals surface area contributed by atoms with E-state index in [-0.39, 0.29) is 9.26 Å². The molecule has 0 saturated heterocycles. The molecule has 0 unspecified atom stereocenters. The van der Waals surface area contributed by atoms with Crippen molar-refractivity contribution in [3.63, 3.8) is 0 Å². The van der Waals surface area contributed by atoms with Gasteiger partial charge in [-0.3, -0.25) is 9.78 Å². The summed E-state index contributed by atoms with van der Waals surface area (Å²) in [5.41, 5.74) is -0.943. The molecule has 0 atom stereocenters. The van der Waals surface area contributed by atoms with Gasteiger partial charge < -0.3 is 5.11 Å². The van der Waals surface area contributed by atoms with E-state index in [4.69, 9.17) is 5.11 Å². The second kappa shape index (κ2) is 4.77. The number of carboxylic acids is 1. The molecule has 1 aromatic heterocycles. The zero-order chi connectivity index (χ0) is 11.6. The first-order valence-corrected chi connectivity index (χ1v) is 4.84. The molecular weight excluding hydrogens is 326 g/mol. The van der Waals surface area contributed by atoms with Crippen LogP contribution >= 0.6 is 22.6 Å². The summed E-state index contributed by atoms with van der Waals surface area (Å²) in [6.07, 6.45) is -2.84. The normalized spacial score (nSPS) is 10.7. The summed E-state index contributed by atoms with van der Waals surface area (Å²) in [4.78, 5) is 13.7. The molecule has 15 heavy (non-hydrogen) atoms. The van der Waals surface area contributed by atoms with Crippen molar-refractivity contribution in [3.8, 4) is 0 Å². The van der Waals surface area contributed by atoms with E-state index in [0.29, 0.717) is 0 Å². The van der Waals surface area contributed by atoms with Crippen molar-refractivity contribution in [2.75, 3.05) is 0 Å². The molecule has 0 amide bonds. The number of carbonyl (C=O) groups is 1. The Bertz CT molecular complexity index is 398. The lowest BCUT2D eigenvalue weighted by Gasteiger charge is -2.08. The van der Waals surface area contributed by atoms with Crippen molar-refractivity contribution in [1.82, 2.24) is 4.98 Å². The Kier molecular flexibility index (Phi) is 3.89. The highest BCUT2D eigenvalue weighted by Gasteiger charge is 2.22. The minimum Gasteiger partial charge on any atom is -0.481 e. The highest BCUT2D eigenvalue weighted by Crippen LogP contribution is 2.28. The van der Waals surface area contributed by atoms with E-state index < -0.39 is 30.2 Å². The molecule has 1 heterocycles. The third-order valence-electron chi connectivity index (χ3n) is 1.63. The molecule has 7 heteroatoms. The lowest BCUT2D eigenvalue weighted by molar-refractivity contribution is -0.136. The predicted molar refractivity (Wildman–Crippen MR) is 53.2 cm³/mol. The Morgan fingerprint density at radius 3 is 2.67 bits per heavy atom. The van der Waals surface area contributed by atoms with Crippen LogP contribution in [0.5, 0.6) is 0 Å². The van der Waals surface area contributed by atoms with Crippen LogP contribution in [0.15, 0.2) is 6.20 Å². The fraction of sp³-hybridized carbons (Fsp3) is 0.250. The maximum absolute atomic E-state index is 12.9. The molecule has 0 spiro atoms. The number of pyridine rings is 1. The molecule has 0 fully saturated rings. The minimum atomic E-state index is -2.94. The van der Waals surface area contributed by atoms with Crippen molar-refractivity contribution >= 4 is 28.6 Å². The van der Waals surface area contributed by atoms with E-state index in [1.807, 2.05) is 0 Å². The second-order valence-corrected chi connectivity index (χ2v) is 3.73. The average molecular weight is 331 g/mol.